The largest absolute Gasteiger partial charge is 0.481 e. The van der Waals surface area contributed by atoms with Crippen LogP contribution in [-0.2, 0) is 4.79 Å². The minimum absolute atomic E-state index is 0.0409. The Morgan fingerprint density at radius 2 is 2.17 bits per heavy atom. The van der Waals surface area contributed by atoms with Gasteiger partial charge in [0.05, 0.1) is 5.75 Å². The van der Waals surface area contributed by atoms with Crippen LogP contribution in [0.4, 0.5) is 0 Å². The lowest BCUT2D eigenvalue weighted by Crippen LogP contribution is -2.23. The lowest BCUT2D eigenvalue weighted by molar-refractivity contribution is -0.133. The quantitative estimate of drug-likeness (QED) is 0.851. The van der Waals surface area contributed by atoms with Crippen LogP contribution < -0.4 is 0 Å². The van der Waals surface area contributed by atoms with Gasteiger partial charge in [-0.25, -0.2) is 0 Å². The molecule has 0 aromatic carbocycles. The van der Waals surface area contributed by atoms with Gasteiger partial charge < -0.3 is 9.67 Å². The van der Waals surface area contributed by atoms with E-state index < -0.39 is 5.97 Å². The molecule has 1 aromatic rings. The van der Waals surface area contributed by atoms with Gasteiger partial charge in [0.1, 0.15) is 5.82 Å². The molecule has 18 heavy (non-hydrogen) atoms. The van der Waals surface area contributed by atoms with Crippen LogP contribution in [0.2, 0.25) is 0 Å². The van der Waals surface area contributed by atoms with Gasteiger partial charge in [-0.1, -0.05) is 31.5 Å². The molecule has 0 saturated heterocycles. The molecule has 1 N–H and O–H groups in total. The summed E-state index contributed by atoms with van der Waals surface area (Å²) in [5.74, 6) is 0.724. The van der Waals surface area contributed by atoms with Gasteiger partial charge in [0.15, 0.2) is 5.16 Å². The molecule has 2 atom stereocenters. The molecule has 0 bridgehead atoms. The number of aromatic nitrogens is 3. The maximum absolute atomic E-state index is 10.7. The van der Waals surface area contributed by atoms with Crippen LogP contribution in [-0.4, -0.2) is 31.6 Å². The Bertz CT molecular complexity index is 433. The summed E-state index contributed by atoms with van der Waals surface area (Å²) in [5, 5.41) is 17.7. The first kappa shape index (κ1) is 13.4. The van der Waals surface area contributed by atoms with Crippen LogP contribution in [0, 0.1) is 12.8 Å². The number of thioether (sulfide) groups is 1. The number of nitrogens with zero attached hydrogens (tertiary/aromatic N) is 3. The average Bonchev–Trinajstić information content (AvgIpc) is 2.69. The zero-order valence-corrected chi connectivity index (χ0v) is 11.6. The van der Waals surface area contributed by atoms with Gasteiger partial charge in [-0.05, 0) is 25.7 Å². The van der Waals surface area contributed by atoms with Crippen molar-refractivity contribution >= 4 is 17.7 Å². The van der Waals surface area contributed by atoms with Crippen molar-refractivity contribution < 1.29 is 9.90 Å². The van der Waals surface area contributed by atoms with E-state index in [9.17, 15) is 4.79 Å². The van der Waals surface area contributed by atoms with Crippen molar-refractivity contribution in [1.29, 1.82) is 0 Å². The molecule has 0 amide bonds. The number of rotatable bonds is 4. The zero-order valence-electron chi connectivity index (χ0n) is 10.8. The Hall–Kier alpha value is -1.04. The fraction of sp³-hybridized carbons (Fsp3) is 0.750. The highest BCUT2D eigenvalue weighted by atomic mass is 32.2. The van der Waals surface area contributed by atoms with Crippen molar-refractivity contribution in [3.05, 3.63) is 5.82 Å². The van der Waals surface area contributed by atoms with Gasteiger partial charge >= 0.3 is 5.97 Å². The minimum Gasteiger partial charge on any atom is -0.481 e. The Morgan fingerprint density at radius 3 is 2.83 bits per heavy atom. The van der Waals surface area contributed by atoms with Crippen molar-refractivity contribution in [2.45, 2.75) is 50.7 Å². The molecule has 2 unspecified atom stereocenters. The lowest BCUT2D eigenvalue weighted by atomic mass is 9.86. The first-order chi connectivity index (χ1) is 8.59. The second-order valence-electron chi connectivity index (χ2n) is 4.91. The molecule has 0 spiro atoms. The van der Waals surface area contributed by atoms with E-state index in [2.05, 4.69) is 21.7 Å². The minimum atomic E-state index is -0.816. The SMILES string of the molecule is Cc1nnc(SCC(=O)O)n1C1CCCCC1C. The van der Waals surface area contributed by atoms with Crippen LogP contribution in [0.25, 0.3) is 0 Å². The van der Waals surface area contributed by atoms with Crippen LogP contribution in [0.1, 0.15) is 44.5 Å². The highest BCUT2D eigenvalue weighted by Crippen LogP contribution is 2.36. The first-order valence-corrected chi connectivity index (χ1v) is 7.34. The number of hydrogen-bond donors (Lipinski definition) is 1. The van der Waals surface area contributed by atoms with E-state index in [1.807, 2.05) is 6.92 Å². The molecule has 6 heteroatoms. The van der Waals surface area contributed by atoms with Crippen molar-refractivity contribution in [2.75, 3.05) is 5.75 Å². The summed E-state index contributed by atoms with van der Waals surface area (Å²) < 4.78 is 2.14. The van der Waals surface area contributed by atoms with Crippen LogP contribution in [0.15, 0.2) is 5.16 Å². The summed E-state index contributed by atoms with van der Waals surface area (Å²) in [6.45, 7) is 4.20. The van der Waals surface area contributed by atoms with Gasteiger partial charge in [-0.2, -0.15) is 0 Å². The van der Waals surface area contributed by atoms with E-state index in [1.165, 1.54) is 31.0 Å². The first-order valence-electron chi connectivity index (χ1n) is 6.35. The molecule has 1 aliphatic carbocycles. The normalized spacial score (nSPS) is 24.1. The van der Waals surface area contributed by atoms with Crippen LogP contribution in [0.5, 0.6) is 0 Å². The molecule has 0 aliphatic heterocycles. The third-order valence-electron chi connectivity index (χ3n) is 3.56. The molecule has 100 valence electrons. The van der Waals surface area contributed by atoms with E-state index >= 15 is 0 Å². The van der Waals surface area contributed by atoms with Gasteiger partial charge in [0, 0.05) is 6.04 Å². The molecule has 1 heterocycles. The van der Waals surface area contributed by atoms with Gasteiger partial charge in [-0.15, -0.1) is 10.2 Å². The maximum Gasteiger partial charge on any atom is 0.313 e. The second-order valence-corrected chi connectivity index (χ2v) is 5.85. The Labute approximate surface area is 111 Å². The Kier molecular flexibility index (Phi) is 4.27. The standard InChI is InChI=1S/C12H19N3O2S/c1-8-5-3-4-6-10(8)15-9(2)13-14-12(15)18-7-11(16)17/h8,10H,3-7H2,1-2H3,(H,16,17). The second kappa shape index (κ2) is 5.73. The Morgan fingerprint density at radius 1 is 1.44 bits per heavy atom. The Balaban J connectivity index is 2.19. The number of carbonyl (C=O) groups is 1. The van der Waals surface area contributed by atoms with Crippen molar-refractivity contribution in [2.24, 2.45) is 5.92 Å². The molecule has 1 saturated carbocycles. The number of aryl methyl sites for hydroxylation is 1. The molecule has 0 radical (unpaired) electrons. The fourth-order valence-corrected chi connectivity index (χ4v) is 3.39. The summed E-state index contributed by atoms with van der Waals surface area (Å²) in [6.07, 6.45) is 4.89. The van der Waals surface area contributed by atoms with Gasteiger partial charge in [0.2, 0.25) is 0 Å². The summed E-state index contributed by atoms with van der Waals surface area (Å²) in [7, 11) is 0. The molecular formula is C12H19N3O2S. The molecule has 5 nitrogen and oxygen atoms in total. The van der Waals surface area contributed by atoms with E-state index in [0.29, 0.717) is 12.0 Å². The molecular weight excluding hydrogens is 250 g/mol. The molecule has 1 fully saturated rings. The summed E-state index contributed by atoms with van der Waals surface area (Å²) >= 11 is 1.26. The third-order valence-corrected chi connectivity index (χ3v) is 4.49. The highest BCUT2D eigenvalue weighted by Gasteiger charge is 2.27. The maximum atomic E-state index is 10.7. The number of carboxylic acid groups (broad SMARTS) is 1. The summed E-state index contributed by atoms with van der Waals surface area (Å²) in [5.41, 5.74) is 0. The monoisotopic (exact) mass is 269 g/mol. The lowest BCUT2D eigenvalue weighted by Gasteiger charge is -2.31. The predicted octanol–water partition coefficient (Wildman–Crippen LogP) is 2.51. The summed E-state index contributed by atoms with van der Waals surface area (Å²) in [6, 6.07) is 0.421. The summed E-state index contributed by atoms with van der Waals surface area (Å²) in [4.78, 5) is 10.7. The van der Waals surface area contributed by atoms with Crippen molar-refractivity contribution in [3.63, 3.8) is 0 Å². The van der Waals surface area contributed by atoms with Crippen molar-refractivity contribution in [3.8, 4) is 0 Å². The fourth-order valence-electron chi connectivity index (χ4n) is 2.64. The topological polar surface area (TPSA) is 68.0 Å². The zero-order chi connectivity index (χ0) is 13.1. The molecule has 2 rings (SSSR count). The van der Waals surface area contributed by atoms with Crippen LogP contribution >= 0.6 is 11.8 Å². The van der Waals surface area contributed by atoms with E-state index in [4.69, 9.17) is 5.11 Å². The van der Waals surface area contributed by atoms with E-state index in [-0.39, 0.29) is 5.75 Å². The highest BCUT2D eigenvalue weighted by molar-refractivity contribution is 7.99. The predicted molar refractivity (Wildman–Crippen MR) is 69.8 cm³/mol. The average molecular weight is 269 g/mol. The van der Waals surface area contributed by atoms with Gasteiger partial charge in [0.25, 0.3) is 0 Å². The van der Waals surface area contributed by atoms with Gasteiger partial charge in [-0.3, -0.25) is 4.79 Å². The van der Waals surface area contributed by atoms with Crippen molar-refractivity contribution in [1.82, 2.24) is 14.8 Å². The molecule has 1 aliphatic rings. The number of carboxylic acids is 1. The van der Waals surface area contributed by atoms with Crippen LogP contribution in [0.3, 0.4) is 0 Å². The third kappa shape index (κ3) is 2.85. The van der Waals surface area contributed by atoms with E-state index in [0.717, 1.165) is 17.4 Å². The van der Waals surface area contributed by atoms with E-state index in [1.54, 1.807) is 0 Å². The smallest absolute Gasteiger partial charge is 0.313 e. The number of hydrogen-bond acceptors (Lipinski definition) is 4. The number of aliphatic carboxylic acids is 1. The molecule has 1 aromatic heterocycles.